The number of aryl methyl sites for hydroxylation is 2. The minimum atomic E-state index is 0.124. The molecule has 5 heteroatoms. The fraction of sp³-hybridized carbons (Fsp3) is 0.688. The lowest BCUT2D eigenvalue weighted by molar-refractivity contribution is 0.0640. The normalized spacial score (nSPS) is 16.0. The van der Waals surface area contributed by atoms with Crippen LogP contribution in [0.15, 0.2) is 6.07 Å². The van der Waals surface area contributed by atoms with Gasteiger partial charge in [0, 0.05) is 12.6 Å². The van der Waals surface area contributed by atoms with E-state index in [0.717, 1.165) is 62.3 Å². The smallest absolute Gasteiger partial charge is 0.256 e. The molecule has 1 aliphatic rings. The Bertz CT molecular complexity index is 483. The molecule has 0 spiro atoms. The van der Waals surface area contributed by atoms with E-state index in [4.69, 9.17) is 0 Å². The minimum Gasteiger partial charge on any atom is -0.336 e. The zero-order chi connectivity index (χ0) is 15.2. The molecule has 1 aromatic heterocycles. The number of hydrogen-bond acceptors (Lipinski definition) is 4. The van der Waals surface area contributed by atoms with E-state index in [-0.39, 0.29) is 5.91 Å². The standard InChI is InChI=1S/C16H26N4O/c1-4-10-20(13-6-8-17-9-7-13)16(21)14-11-12(3)18-19-15(14)5-2/h11,13,17H,4-10H2,1-3H3. The minimum absolute atomic E-state index is 0.124. The Morgan fingerprint density at radius 1 is 1.33 bits per heavy atom. The van der Waals surface area contributed by atoms with Gasteiger partial charge in [0.05, 0.1) is 17.0 Å². The first-order chi connectivity index (χ1) is 10.2. The molecule has 2 rings (SSSR count). The lowest BCUT2D eigenvalue weighted by atomic mass is 10.0. The van der Waals surface area contributed by atoms with Crippen LogP contribution in [-0.2, 0) is 6.42 Å². The number of amides is 1. The van der Waals surface area contributed by atoms with Gasteiger partial charge in [-0.15, -0.1) is 0 Å². The lowest BCUT2D eigenvalue weighted by Gasteiger charge is -2.35. The van der Waals surface area contributed by atoms with E-state index in [1.807, 2.05) is 19.9 Å². The van der Waals surface area contributed by atoms with Gasteiger partial charge < -0.3 is 10.2 Å². The van der Waals surface area contributed by atoms with Crippen molar-refractivity contribution in [3.05, 3.63) is 23.0 Å². The molecule has 0 unspecified atom stereocenters. The number of piperidine rings is 1. The Labute approximate surface area is 127 Å². The van der Waals surface area contributed by atoms with Crippen LogP contribution in [0.5, 0.6) is 0 Å². The van der Waals surface area contributed by atoms with Crippen molar-refractivity contribution in [2.24, 2.45) is 0 Å². The van der Waals surface area contributed by atoms with Crippen LogP contribution in [0.4, 0.5) is 0 Å². The molecule has 0 bridgehead atoms. The lowest BCUT2D eigenvalue weighted by Crippen LogP contribution is -2.46. The summed E-state index contributed by atoms with van der Waals surface area (Å²) in [6.07, 6.45) is 3.78. The van der Waals surface area contributed by atoms with Crippen molar-refractivity contribution in [2.45, 2.75) is 52.5 Å². The second-order valence-electron chi connectivity index (χ2n) is 5.68. The largest absolute Gasteiger partial charge is 0.336 e. The Hall–Kier alpha value is -1.49. The average molecular weight is 290 g/mol. The van der Waals surface area contributed by atoms with Crippen molar-refractivity contribution < 1.29 is 4.79 Å². The summed E-state index contributed by atoms with van der Waals surface area (Å²) in [6, 6.07) is 2.23. The van der Waals surface area contributed by atoms with E-state index in [1.54, 1.807) is 0 Å². The van der Waals surface area contributed by atoms with Gasteiger partial charge in [0.1, 0.15) is 0 Å². The molecule has 1 aromatic rings. The van der Waals surface area contributed by atoms with Crippen molar-refractivity contribution in [1.29, 1.82) is 0 Å². The molecule has 1 saturated heterocycles. The molecule has 0 saturated carbocycles. The van der Waals surface area contributed by atoms with Crippen molar-refractivity contribution in [2.75, 3.05) is 19.6 Å². The van der Waals surface area contributed by atoms with Crippen LogP contribution < -0.4 is 5.32 Å². The van der Waals surface area contributed by atoms with Gasteiger partial charge in [0.15, 0.2) is 0 Å². The molecule has 0 atom stereocenters. The van der Waals surface area contributed by atoms with Crippen molar-refractivity contribution in [3.63, 3.8) is 0 Å². The summed E-state index contributed by atoms with van der Waals surface area (Å²) < 4.78 is 0. The third-order valence-corrected chi connectivity index (χ3v) is 4.03. The zero-order valence-corrected chi connectivity index (χ0v) is 13.4. The topological polar surface area (TPSA) is 58.1 Å². The summed E-state index contributed by atoms with van der Waals surface area (Å²) in [5.74, 6) is 0.124. The molecular formula is C16H26N4O. The van der Waals surface area contributed by atoms with Crippen LogP contribution in [0.3, 0.4) is 0 Å². The highest BCUT2D eigenvalue weighted by Crippen LogP contribution is 2.18. The van der Waals surface area contributed by atoms with Crippen LogP contribution in [0.1, 0.15) is 54.9 Å². The maximum absolute atomic E-state index is 13.0. The molecule has 2 heterocycles. The number of nitrogens with one attached hydrogen (secondary N) is 1. The van der Waals surface area contributed by atoms with Crippen LogP contribution in [0, 0.1) is 6.92 Å². The number of rotatable bonds is 5. The summed E-state index contributed by atoms with van der Waals surface area (Å²) in [7, 11) is 0. The third-order valence-electron chi connectivity index (χ3n) is 4.03. The van der Waals surface area contributed by atoms with E-state index in [2.05, 4.69) is 27.3 Å². The molecule has 0 radical (unpaired) electrons. The molecule has 116 valence electrons. The first kappa shape index (κ1) is 15.9. The van der Waals surface area contributed by atoms with Gasteiger partial charge in [-0.25, -0.2) is 0 Å². The van der Waals surface area contributed by atoms with E-state index in [1.165, 1.54) is 0 Å². The van der Waals surface area contributed by atoms with Gasteiger partial charge in [-0.1, -0.05) is 13.8 Å². The highest BCUT2D eigenvalue weighted by atomic mass is 16.2. The fourth-order valence-electron chi connectivity index (χ4n) is 2.92. The van der Waals surface area contributed by atoms with Crippen molar-refractivity contribution in [1.82, 2.24) is 20.4 Å². The SMILES string of the molecule is CCCN(C(=O)c1cc(C)nnc1CC)C1CCNCC1. The van der Waals surface area contributed by atoms with Gasteiger partial charge in [0.2, 0.25) is 0 Å². The van der Waals surface area contributed by atoms with Gasteiger partial charge in [0.25, 0.3) is 5.91 Å². The molecule has 21 heavy (non-hydrogen) atoms. The highest BCUT2D eigenvalue weighted by Gasteiger charge is 2.27. The van der Waals surface area contributed by atoms with E-state index in [9.17, 15) is 4.79 Å². The van der Waals surface area contributed by atoms with Crippen molar-refractivity contribution >= 4 is 5.91 Å². The van der Waals surface area contributed by atoms with Gasteiger partial charge in [-0.3, -0.25) is 4.79 Å². The van der Waals surface area contributed by atoms with E-state index < -0.39 is 0 Å². The highest BCUT2D eigenvalue weighted by molar-refractivity contribution is 5.95. The van der Waals surface area contributed by atoms with Crippen LogP contribution in [0.25, 0.3) is 0 Å². The van der Waals surface area contributed by atoms with E-state index >= 15 is 0 Å². The number of nitrogens with zero attached hydrogens (tertiary/aromatic N) is 3. The summed E-state index contributed by atoms with van der Waals surface area (Å²) in [4.78, 5) is 15.1. The second-order valence-corrected chi connectivity index (χ2v) is 5.68. The Balaban J connectivity index is 2.27. The molecule has 0 aromatic carbocycles. The second kappa shape index (κ2) is 7.50. The van der Waals surface area contributed by atoms with E-state index in [0.29, 0.717) is 6.04 Å². The molecule has 0 aliphatic carbocycles. The molecule has 5 nitrogen and oxygen atoms in total. The summed E-state index contributed by atoms with van der Waals surface area (Å²) in [5.41, 5.74) is 2.34. The summed E-state index contributed by atoms with van der Waals surface area (Å²) in [5, 5.41) is 11.6. The number of hydrogen-bond donors (Lipinski definition) is 1. The van der Waals surface area contributed by atoms with Gasteiger partial charge >= 0.3 is 0 Å². The first-order valence-electron chi connectivity index (χ1n) is 8.02. The fourth-order valence-corrected chi connectivity index (χ4v) is 2.92. The molecular weight excluding hydrogens is 264 g/mol. The number of carbonyl (C=O) groups excluding carboxylic acids is 1. The summed E-state index contributed by atoms with van der Waals surface area (Å²) in [6.45, 7) is 8.83. The number of carbonyl (C=O) groups is 1. The van der Waals surface area contributed by atoms with Gasteiger partial charge in [-0.05, 0) is 51.8 Å². The quantitative estimate of drug-likeness (QED) is 0.900. The third kappa shape index (κ3) is 3.79. The van der Waals surface area contributed by atoms with Crippen LogP contribution in [-0.4, -0.2) is 46.7 Å². The molecule has 1 amide bonds. The van der Waals surface area contributed by atoms with Crippen LogP contribution >= 0.6 is 0 Å². The monoisotopic (exact) mass is 290 g/mol. The molecule has 1 N–H and O–H groups in total. The Morgan fingerprint density at radius 2 is 2.05 bits per heavy atom. The first-order valence-corrected chi connectivity index (χ1v) is 8.02. The Kier molecular flexibility index (Phi) is 5.67. The average Bonchev–Trinajstić information content (AvgIpc) is 2.52. The summed E-state index contributed by atoms with van der Waals surface area (Å²) >= 11 is 0. The predicted molar refractivity (Wildman–Crippen MR) is 83.4 cm³/mol. The number of aromatic nitrogens is 2. The van der Waals surface area contributed by atoms with Crippen LogP contribution in [0.2, 0.25) is 0 Å². The zero-order valence-electron chi connectivity index (χ0n) is 13.4. The van der Waals surface area contributed by atoms with Crippen molar-refractivity contribution in [3.8, 4) is 0 Å². The Morgan fingerprint density at radius 3 is 2.67 bits per heavy atom. The molecule has 1 fully saturated rings. The molecule has 1 aliphatic heterocycles. The predicted octanol–water partition coefficient (Wildman–Crippen LogP) is 1.95. The van der Waals surface area contributed by atoms with Gasteiger partial charge in [-0.2, -0.15) is 10.2 Å². The maximum Gasteiger partial charge on any atom is 0.256 e. The maximum atomic E-state index is 13.0.